The van der Waals surface area contributed by atoms with Crippen LogP contribution in [0.25, 0.3) is 0 Å². The lowest BCUT2D eigenvalue weighted by atomic mass is 9.87. The number of amides is 1. The molecule has 150 valence electrons. The number of methoxy groups -OCH3 is 1. The van der Waals surface area contributed by atoms with Crippen LogP contribution < -0.4 is 5.32 Å². The second-order valence-corrected chi connectivity index (χ2v) is 6.38. The van der Waals surface area contributed by atoms with Crippen LogP contribution in [0.15, 0.2) is 30.3 Å². The van der Waals surface area contributed by atoms with E-state index in [9.17, 15) is 14.4 Å². The van der Waals surface area contributed by atoms with E-state index in [2.05, 4.69) is 10.1 Å². The minimum Gasteiger partial charge on any atom is -0.466 e. The Morgan fingerprint density at radius 3 is 2.00 bits per heavy atom. The first-order valence-electron chi connectivity index (χ1n) is 9.03. The number of alkyl halides is 1. The Labute approximate surface area is 159 Å². The number of esters is 1. The van der Waals surface area contributed by atoms with Gasteiger partial charge in [-0.05, 0) is 31.7 Å². The van der Waals surface area contributed by atoms with Gasteiger partial charge in [0.2, 0.25) is 0 Å². The van der Waals surface area contributed by atoms with Crippen LogP contribution in [0.3, 0.4) is 0 Å². The molecule has 0 aliphatic heterocycles. The van der Waals surface area contributed by atoms with E-state index >= 15 is 4.39 Å². The van der Waals surface area contributed by atoms with Gasteiger partial charge in [-0.2, -0.15) is 0 Å². The number of nitrogens with one attached hydrogen (secondary N) is 1. The van der Waals surface area contributed by atoms with Crippen LogP contribution in [-0.2, 0) is 19.1 Å². The van der Waals surface area contributed by atoms with Crippen molar-refractivity contribution in [1.29, 1.82) is 0 Å². The molecule has 0 saturated heterocycles. The van der Waals surface area contributed by atoms with Gasteiger partial charge in [-0.15, -0.1) is 0 Å². The van der Waals surface area contributed by atoms with Gasteiger partial charge in [0.1, 0.15) is 11.6 Å². The highest BCUT2D eigenvalue weighted by Crippen LogP contribution is 2.33. The molecule has 1 N–H and O–H groups in total. The summed E-state index contributed by atoms with van der Waals surface area (Å²) in [5, 5.41) is 2.37. The highest BCUT2D eigenvalue weighted by atomic mass is 19.1. The topological polar surface area (TPSA) is 81.7 Å². The molecule has 7 heteroatoms. The number of Topliss-reactive ketones (excluding diaryl/α,β-unsaturated/α-hetero) is 1. The minimum atomic E-state index is -3.08. The molecular formula is C20H28FNO5. The lowest BCUT2D eigenvalue weighted by Crippen LogP contribution is -2.54. The predicted molar refractivity (Wildman–Crippen MR) is 98.9 cm³/mol. The number of ketones is 1. The van der Waals surface area contributed by atoms with E-state index < -0.39 is 35.2 Å². The Bertz CT molecular complexity index is 651. The van der Waals surface area contributed by atoms with Crippen LogP contribution in [0.4, 0.5) is 9.18 Å². The van der Waals surface area contributed by atoms with E-state index in [1.54, 1.807) is 18.2 Å². The SMILES string of the molecule is CCC(CC)(CC)OC(=O)N[C@H](c1ccccc1)[C@@](F)(C(C)=O)C(=O)OC. The summed E-state index contributed by atoms with van der Waals surface area (Å²) < 4.78 is 25.6. The first-order valence-corrected chi connectivity index (χ1v) is 9.03. The molecule has 0 bridgehead atoms. The van der Waals surface area contributed by atoms with Crippen molar-refractivity contribution in [1.82, 2.24) is 5.32 Å². The predicted octanol–water partition coefficient (Wildman–Crippen LogP) is 3.89. The van der Waals surface area contributed by atoms with E-state index in [1.807, 2.05) is 20.8 Å². The maximum Gasteiger partial charge on any atom is 0.408 e. The summed E-state index contributed by atoms with van der Waals surface area (Å²) in [5.74, 6) is -2.45. The molecule has 0 spiro atoms. The highest BCUT2D eigenvalue weighted by Gasteiger charge is 2.54. The monoisotopic (exact) mass is 381 g/mol. The van der Waals surface area contributed by atoms with Gasteiger partial charge in [-0.3, -0.25) is 4.79 Å². The smallest absolute Gasteiger partial charge is 0.408 e. The molecule has 27 heavy (non-hydrogen) atoms. The Morgan fingerprint density at radius 1 is 1.07 bits per heavy atom. The van der Waals surface area contributed by atoms with Crippen molar-refractivity contribution >= 4 is 17.8 Å². The van der Waals surface area contributed by atoms with Gasteiger partial charge in [0.05, 0.1) is 7.11 Å². The molecule has 6 nitrogen and oxygen atoms in total. The quantitative estimate of drug-likeness (QED) is 0.518. The van der Waals surface area contributed by atoms with Crippen molar-refractivity contribution in [3.63, 3.8) is 0 Å². The van der Waals surface area contributed by atoms with Crippen LogP contribution in [0.5, 0.6) is 0 Å². The molecule has 0 radical (unpaired) electrons. The average molecular weight is 381 g/mol. The van der Waals surface area contributed by atoms with E-state index in [4.69, 9.17) is 4.74 Å². The fourth-order valence-electron chi connectivity index (χ4n) is 2.98. The molecule has 0 aliphatic carbocycles. The second-order valence-electron chi connectivity index (χ2n) is 6.38. The van der Waals surface area contributed by atoms with E-state index in [-0.39, 0.29) is 5.56 Å². The second kappa shape index (κ2) is 9.48. The molecular weight excluding hydrogens is 353 g/mol. The van der Waals surface area contributed by atoms with Crippen molar-refractivity contribution < 1.29 is 28.2 Å². The summed E-state index contributed by atoms with van der Waals surface area (Å²) in [6.45, 7) is 6.60. The third kappa shape index (κ3) is 4.84. The molecule has 0 aliphatic rings. The Hall–Kier alpha value is -2.44. The number of benzene rings is 1. The molecule has 1 amide bonds. The first-order chi connectivity index (χ1) is 12.7. The largest absolute Gasteiger partial charge is 0.466 e. The normalized spacial score (nSPS) is 14.6. The third-order valence-electron chi connectivity index (χ3n) is 5.03. The summed E-state index contributed by atoms with van der Waals surface area (Å²) in [6, 6.07) is 6.36. The molecule has 2 atom stereocenters. The number of halogens is 1. The summed E-state index contributed by atoms with van der Waals surface area (Å²) in [4.78, 5) is 36.7. The zero-order chi connectivity index (χ0) is 20.7. The van der Waals surface area contributed by atoms with E-state index in [1.165, 1.54) is 12.1 Å². The maximum absolute atomic E-state index is 15.6. The number of ether oxygens (including phenoxy) is 2. The van der Waals surface area contributed by atoms with Gasteiger partial charge in [0.25, 0.3) is 5.67 Å². The summed E-state index contributed by atoms with van der Waals surface area (Å²) >= 11 is 0. The van der Waals surface area contributed by atoms with Gasteiger partial charge in [0, 0.05) is 0 Å². The standard InChI is InChI=1S/C20H28FNO5/c1-6-19(7-2,8-3)27-18(25)22-16(15-12-10-9-11-13-15)20(21,14(4)23)17(24)26-5/h9-13,16H,6-8H2,1-5H3,(H,22,25)/t16-,20+/m1/s1. The zero-order valence-electron chi connectivity index (χ0n) is 16.5. The summed E-state index contributed by atoms with van der Waals surface area (Å²) in [6.07, 6.45) is 0.831. The fraction of sp³-hybridized carbons (Fsp3) is 0.550. The first kappa shape index (κ1) is 22.6. The molecule has 0 fully saturated rings. The summed E-state index contributed by atoms with van der Waals surface area (Å²) in [5.41, 5.74) is -3.54. The van der Waals surface area contributed by atoms with E-state index in [0.717, 1.165) is 14.0 Å². The number of hydrogen-bond acceptors (Lipinski definition) is 5. The van der Waals surface area contributed by atoms with Crippen molar-refractivity contribution in [3.8, 4) is 0 Å². The Kier molecular flexibility index (Phi) is 7.94. The Morgan fingerprint density at radius 2 is 1.59 bits per heavy atom. The van der Waals surface area contributed by atoms with Crippen molar-refractivity contribution in [2.75, 3.05) is 7.11 Å². The van der Waals surface area contributed by atoms with Gasteiger partial charge >= 0.3 is 12.1 Å². The number of alkyl carbamates (subject to hydrolysis) is 1. The highest BCUT2D eigenvalue weighted by molar-refractivity contribution is 6.07. The molecule has 0 heterocycles. The molecule has 1 aromatic rings. The van der Waals surface area contributed by atoms with Gasteiger partial charge in [-0.1, -0.05) is 51.1 Å². The van der Waals surface area contributed by atoms with Crippen LogP contribution in [0.1, 0.15) is 58.6 Å². The van der Waals surface area contributed by atoms with Crippen molar-refractivity contribution in [3.05, 3.63) is 35.9 Å². The minimum absolute atomic E-state index is 0.243. The van der Waals surface area contributed by atoms with Gasteiger partial charge in [0.15, 0.2) is 5.78 Å². The molecule has 0 saturated carbocycles. The third-order valence-corrected chi connectivity index (χ3v) is 5.03. The summed E-state index contributed by atoms with van der Waals surface area (Å²) in [7, 11) is 0.982. The molecule has 0 unspecified atom stereocenters. The molecule has 0 aromatic heterocycles. The van der Waals surface area contributed by atoms with Gasteiger partial charge < -0.3 is 14.8 Å². The number of carbonyl (C=O) groups is 3. The fourth-order valence-corrected chi connectivity index (χ4v) is 2.98. The lowest BCUT2D eigenvalue weighted by molar-refractivity contribution is -0.162. The maximum atomic E-state index is 15.6. The average Bonchev–Trinajstić information content (AvgIpc) is 2.69. The van der Waals surface area contributed by atoms with Crippen molar-refractivity contribution in [2.24, 2.45) is 0 Å². The molecule has 1 rings (SSSR count). The number of hydrogen-bond donors (Lipinski definition) is 1. The Balaban J connectivity index is 3.30. The number of rotatable bonds is 9. The van der Waals surface area contributed by atoms with Crippen LogP contribution in [-0.4, -0.2) is 36.2 Å². The van der Waals surface area contributed by atoms with Gasteiger partial charge in [-0.25, -0.2) is 14.0 Å². The zero-order valence-corrected chi connectivity index (χ0v) is 16.5. The van der Waals surface area contributed by atoms with Crippen LogP contribution in [0.2, 0.25) is 0 Å². The van der Waals surface area contributed by atoms with Crippen LogP contribution >= 0.6 is 0 Å². The number of carbonyl (C=O) groups excluding carboxylic acids is 3. The molecule has 1 aromatic carbocycles. The van der Waals surface area contributed by atoms with Crippen LogP contribution in [0, 0.1) is 0 Å². The lowest BCUT2D eigenvalue weighted by Gasteiger charge is -2.34. The van der Waals surface area contributed by atoms with E-state index in [0.29, 0.717) is 19.3 Å². The van der Waals surface area contributed by atoms with Crippen molar-refractivity contribution in [2.45, 2.75) is 64.3 Å².